The average Bonchev–Trinajstić information content (AvgIpc) is 3.24. The molecule has 1 atom stereocenters. The predicted octanol–water partition coefficient (Wildman–Crippen LogP) is 2.47. The standard InChI is InChI=1S/C16H22N2O4/c19-18(20)15-2-1-3-16(10-15)22-9-7-17(14-4-5-14)11-13-6-8-21-12-13/h1-3,10,13-14H,4-9,11-12H2/t13-/m0/s1. The second-order valence-corrected chi connectivity index (χ2v) is 6.06. The predicted molar refractivity (Wildman–Crippen MR) is 82.1 cm³/mol. The van der Waals surface area contributed by atoms with Crippen LogP contribution in [0.4, 0.5) is 5.69 Å². The number of nitrogens with zero attached hydrogens (tertiary/aromatic N) is 2. The number of ether oxygens (including phenoxy) is 2. The smallest absolute Gasteiger partial charge is 0.273 e. The summed E-state index contributed by atoms with van der Waals surface area (Å²) in [5, 5.41) is 10.8. The molecule has 1 aromatic rings. The Morgan fingerprint density at radius 3 is 2.91 bits per heavy atom. The molecular weight excluding hydrogens is 284 g/mol. The molecule has 2 aliphatic rings. The number of nitro benzene ring substituents is 1. The van der Waals surface area contributed by atoms with Gasteiger partial charge in [0, 0.05) is 31.8 Å². The van der Waals surface area contributed by atoms with Gasteiger partial charge < -0.3 is 9.47 Å². The van der Waals surface area contributed by atoms with Crippen LogP contribution in [0.3, 0.4) is 0 Å². The number of hydrogen-bond acceptors (Lipinski definition) is 5. The Kier molecular flexibility index (Phi) is 4.90. The Hall–Kier alpha value is -1.66. The van der Waals surface area contributed by atoms with Crippen molar-refractivity contribution in [2.45, 2.75) is 25.3 Å². The van der Waals surface area contributed by atoms with Gasteiger partial charge >= 0.3 is 0 Å². The van der Waals surface area contributed by atoms with E-state index in [1.54, 1.807) is 12.1 Å². The maximum atomic E-state index is 10.8. The van der Waals surface area contributed by atoms with E-state index in [0.29, 0.717) is 24.3 Å². The van der Waals surface area contributed by atoms with E-state index in [1.807, 2.05) is 0 Å². The van der Waals surface area contributed by atoms with Crippen molar-refractivity contribution in [3.8, 4) is 5.75 Å². The minimum absolute atomic E-state index is 0.0691. The molecule has 3 rings (SSSR count). The molecule has 0 bridgehead atoms. The van der Waals surface area contributed by atoms with Crippen molar-refractivity contribution in [3.05, 3.63) is 34.4 Å². The first-order valence-electron chi connectivity index (χ1n) is 7.91. The van der Waals surface area contributed by atoms with Gasteiger partial charge in [-0.25, -0.2) is 0 Å². The highest BCUT2D eigenvalue weighted by Gasteiger charge is 2.31. The second-order valence-electron chi connectivity index (χ2n) is 6.06. The van der Waals surface area contributed by atoms with Crippen molar-refractivity contribution in [1.82, 2.24) is 4.90 Å². The maximum absolute atomic E-state index is 10.8. The van der Waals surface area contributed by atoms with Gasteiger partial charge in [-0.1, -0.05) is 6.07 Å². The lowest BCUT2D eigenvalue weighted by atomic mass is 10.1. The highest BCUT2D eigenvalue weighted by Crippen LogP contribution is 2.28. The number of non-ortho nitro benzene ring substituents is 1. The normalized spacial score (nSPS) is 21.2. The average molecular weight is 306 g/mol. The van der Waals surface area contributed by atoms with Gasteiger partial charge in [-0.3, -0.25) is 15.0 Å². The molecule has 6 nitrogen and oxygen atoms in total. The third kappa shape index (κ3) is 4.18. The van der Waals surface area contributed by atoms with Gasteiger partial charge in [-0.15, -0.1) is 0 Å². The lowest BCUT2D eigenvalue weighted by molar-refractivity contribution is -0.384. The Bertz CT molecular complexity index is 513. The third-order valence-electron chi connectivity index (χ3n) is 4.26. The van der Waals surface area contributed by atoms with E-state index in [2.05, 4.69) is 4.90 Å². The van der Waals surface area contributed by atoms with Crippen LogP contribution in [-0.2, 0) is 4.74 Å². The summed E-state index contributed by atoms with van der Waals surface area (Å²) < 4.78 is 11.1. The molecule has 2 fully saturated rings. The summed E-state index contributed by atoms with van der Waals surface area (Å²) in [5.41, 5.74) is 0.0691. The number of benzene rings is 1. The first-order chi connectivity index (χ1) is 10.7. The van der Waals surface area contributed by atoms with E-state index in [4.69, 9.17) is 9.47 Å². The van der Waals surface area contributed by atoms with Crippen LogP contribution in [0.15, 0.2) is 24.3 Å². The van der Waals surface area contributed by atoms with E-state index >= 15 is 0 Å². The largest absolute Gasteiger partial charge is 0.492 e. The fourth-order valence-corrected chi connectivity index (χ4v) is 2.89. The van der Waals surface area contributed by atoms with E-state index < -0.39 is 4.92 Å². The van der Waals surface area contributed by atoms with Gasteiger partial charge in [-0.05, 0) is 31.2 Å². The van der Waals surface area contributed by atoms with Crippen LogP contribution in [0.25, 0.3) is 0 Å². The number of hydrogen-bond donors (Lipinski definition) is 0. The zero-order chi connectivity index (χ0) is 15.4. The molecule has 1 saturated heterocycles. The van der Waals surface area contributed by atoms with Crippen molar-refractivity contribution in [3.63, 3.8) is 0 Å². The van der Waals surface area contributed by atoms with Crippen LogP contribution in [-0.4, -0.2) is 48.8 Å². The second kappa shape index (κ2) is 7.07. The van der Waals surface area contributed by atoms with Gasteiger partial charge in [0.1, 0.15) is 12.4 Å². The van der Waals surface area contributed by atoms with Crippen molar-refractivity contribution in [2.75, 3.05) is 32.9 Å². The molecule has 1 aromatic carbocycles. The molecule has 0 N–H and O–H groups in total. The molecule has 0 spiro atoms. The molecule has 1 aliphatic carbocycles. The van der Waals surface area contributed by atoms with E-state index in [1.165, 1.54) is 25.0 Å². The van der Waals surface area contributed by atoms with Gasteiger partial charge in [0.15, 0.2) is 0 Å². The highest BCUT2D eigenvalue weighted by molar-refractivity contribution is 5.37. The van der Waals surface area contributed by atoms with Gasteiger partial charge in [0.25, 0.3) is 5.69 Å². The molecular formula is C16H22N2O4. The summed E-state index contributed by atoms with van der Waals surface area (Å²) in [6, 6.07) is 7.06. The monoisotopic (exact) mass is 306 g/mol. The Morgan fingerprint density at radius 1 is 1.36 bits per heavy atom. The van der Waals surface area contributed by atoms with Crippen molar-refractivity contribution in [2.24, 2.45) is 5.92 Å². The fourth-order valence-electron chi connectivity index (χ4n) is 2.89. The molecule has 0 amide bonds. The summed E-state index contributed by atoms with van der Waals surface area (Å²) in [5.74, 6) is 1.20. The van der Waals surface area contributed by atoms with Crippen LogP contribution in [0, 0.1) is 16.0 Å². The van der Waals surface area contributed by atoms with Gasteiger partial charge in [0.05, 0.1) is 17.6 Å². The van der Waals surface area contributed by atoms with Gasteiger partial charge in [-0.2, -0.15) is 0 Å². The molecule has 1 heterocycles. The molecule has 22 heavy (non-hydrogen) atoms. The molecule has 6 heteroatoms. The maximum Gasteiger partial charge on any atom is 0.273 e. The lowest BCUT2D eigenvalue weighted by Crippen LogP contribution is -2.35. The summed E-state index contributed by atoms with van der Waals surface area (Å²) in [6.45, 7) is 4.25. The minimum atomic E-state index is -0.399. The summed E-state index contributed by atoms with van der Waals surface area (Å²) in [4.78, 5) is 12.8. The number of nitro groups is 1. The molecule has 0 aromatic heterocycles. The van der Waals surface area contributed by atoms with E-state index in [-0.39, 0.29) is 5.69 Å². The topological polar surface area (TPSA) is 64.8 Å². The van der Waals surface area contributed by atoms with Crippen molar-refractivity contribution >= 4 is 5.69 Å². The molecule has 0 unspecified atom stereocenters. The Labute approximate surface area is 130 Å². The van der Waals surface area contributed by atoms with Crippen LogP contribution in [0.1, 0.15) is 19.3 Å². The summed E-state index contributed by atoms with van der Waals surface area (Å²) in [6.07, 6.45) is 3.68. The van der Waals surface area contributed by atoms with Gasteiger partial charge in [0.2, 0.25) is 0 Å². The summed E-state index contributed by atoms with van der Waals surface area (Å²) in [7, 11) is 0. The molecule has 1 aliphatic heterocycles. The van der Waals surface area contributed by atoms with Crippen LogP contribution >= 0.6 is 0 Å². The van der Waals surface area contributed by atoms with Crippen molar-refractivity contribution < 1.29 is 14.4 Å². The SMILES string of the molecule is O=[N+]([O-])c1cccc(OCCN(C[C@@H]2CCOC2)C2CC2)c1. The zero-order valence-electron chi connectivity index (χ0n) is 12.6. The Balaban J connectivity index is 1.47. The van der Waals surface area contributed by atoms with E-state index in [0.717, 1.165) is 32.7 Å². The Morgan fingerprint density at radius 2 is 2.23 bits per heavy atom. The minimum Gasteiger partial charge on any atom is -0.492 e. The van der Waals surface area contributed by atoms with E-state index in [9.17, 15) is 10.1 Å². The lowest BCUT2D eigenvalue weighted by Gasteiger charge is -2.24. The molecule has 1 saturated carbocycles. The van der Waals surface area contributed by atoms with Crippen LogP contribution in [0.5, 0.6) is 5.75 Å². The zero-order valence-corrected chi connectivity index (χ0v) is 12.6. The third-order valence-corrected chi connectivity index (χ3v) is 4.26. The first kappa shape index (κ1) is 15.2. The van der Waals surface area contributed by atoms with Crippen LogP contribution < -0.4 is 4.74 Å². The molecule has 0 radical (unpaired) electrons. The molecule has 120 valence electrons. The highest BCUT2D eigenvalue weighted by atomic mass is 16.6. The quantitative estimate of drug-likeness (QED) is 0.545. The van der Waals surface area contributed by atoms with Crippen LogP contribution in [0.2, 0.25) is 0 Å². The first-order valence-corrected chi connectivity index (χ1v) is 7.91. The van der Waals surface area contributed by atoms with Crippen molar-refractivity contribution in [1.29, 1.82) is 0 Å². The summed E-state index contributed by atoms with van der Waals surface area (Å²) >= 11 is 0. The number of rotatable bonds is 8. The fraction of sp³-hybridized carbons (Fsp3) is 0.625.